The molecule has 0 aliphatic carbocycles. The Balaban J connectivity index is 2.60. The van der Waals surface area contributed by atoms with Crippen molar-refractivity contribution in [3.05, 3.63) is 45.2 Å². The first kappa shape index (κ1) is 15.9. The summed E-state index contributed by atoms with van der Waals surface area (Å²) < 4.78 is 39.2. The third kappa shape index (κ3) is 3.06. The van der Waals surface area contributed by atoms with Crippen LogP contribution < -0.4 is 0 Å². The summed E-state index contributed by atoms with van der Waals surface area (Å²) >= 11 is 11.8. The minimum absolute atomic E-state index is 0.0990. The maximum atomic E-state index is 12.7. The van der Waals surface area contributed by atoms with E-state index in [0.717, 1.165) is 12.1 Å². The first-order chi connectivity index (χ1) is 9.61. The Hall–Kier alpha value is -1.53. The molecule has 0 radical (unpaired) electrons. The standard InChI is InChI=1S/C13H9Cl2F3N2O/c1-6-9(7(2)21)5-20(19-6)12-10(14)3-8(4-11(12)15)13(16,17)18/h3-5H,1-2H3. The second kappa shape index (κ2) is 5.35. The van der Waals surface area contributed by atoms with Crippen LogP contribution in [0, 0.1) is 6.92 Å². The molecule has 0 saturated carbocycles. The second-order valence-corrected chi connectivity index (χ2v) is 5.23. The molecule has 0 amide bonds. The van der Waals surface area contributed by atoms with Gasteiger partial charge in [0.2, 0.25) is 0 Å². The lowest BCUT2D eigenvalue weighted by Crippen LogP contribution is -2.07. The Bertz CT molecular complexity index is 700. The van der Waals surface area contributed by atoms with Gasteiger partial charge in [0.25, 0.3) is 0 Å². The van der Waals surface area contributed by atoms with E-state index in [1.54, 1.807) is 6.92 Å². The first-order valence-corrected chi connectivity index (χ1v) is 6.50. The van der Waals surface area contributed by atoms with Crippen molar-refractivity contribution >= 4 is 29.0 Å². The van der Waals surface area contributed by atoms with E-state index in [1.807, 2.05) is 0 Å². The fraction of sp³-hybridized carbons (Fsp3) is 0.231. The molecule has 0 atom stereocenters. The Labute approximate surface area is 128 Å². The van der Waals surface area contributed by atoms with E-state index in [0.29, 0.717) is 11.3 Å². The van der Waals surface area contributed by atoms with Gasteiger partial charge in [-0.15, -0.1) is 0 Å². The number of hydrogen-bond donors (Lipinski definition) is 0. The lowest BCUT2D eigenvalue weighted by molar-refractivity contribution is -0.137. The molecule has 2 rings (SSSR count). The number of nitrogens with zero attached hydrogens (tertiary/aromatic N) is 2. The van der Waals surface area contributed by atoms with Crippen molar-refractivity contribution in [3.8, 4) is 5.69 Å². The van der Waals surface area contributed by atoms with E-state index in [1.165, 1.54) is 17.8 Å². The van der Waals surface area contributed by atoms with Crippen molar-refractivity contribution in [1.29, 1.82) is 0 Å². The molecule has 0 spiro atoms. The Morgan fingerprint density at radius 3 is 2.14 bits per heavy atom. The molecule has 1 aromatic carbocycles. The molecular weight excluding hydrogens is 328 g/mol. The molecule has 21 heavy (non-hydrogen) atoms. The number of rotatable bonds is 2. The van der Waals surface area contributed by atoms with Crippen LogP contribution in [0.5, 0.6) is 0 Å². The third-order valence-electron chi connectivity index (χ3n) is 2.85. The molecule has 2 aromatic rings. The molecule has 0 saturated heterocycles. The number of ketones is 1. The molecule has 0 aliphatic rings. The third-order valence-corrected chi connectivity index (χ3v) is 3.43. The predicted octanol–water partition coefficient (Wildman–Crippen LogP) is 4.71. The van der Waals surface area contributed by atoms with Gasteiger partial charge in [-0.2, -0.15) is 18.3 Å². The predicted molar refractivity (Wildman–Crippen MR) is 73.3 cm³/mol. The van der Waals surface area contributed by atoms with Crippen molar-refractivity contribution in [2.75, 3.05) is 0 Å². The second-order valence-electron chi connectivity index (χ2n) is 4.42. The number of hydrogen-bond acceptors (Lipinski definition) is 2. The molecule has 0 fully saturated rings. The highest BCUT2D eigenvalue weighted by Gasteiger charge is 2.32. The van der Waals surface area contributed by atoms with E-state index in [9.17, 15) is 18.0 Å². The Kier molecular flexibility index (Phi) is 4.04. The summed E-state index contributed by atoms with van der Waals surface area (Å²) in [5.41, 5.74) is -0.0598. The molecule has 0 unspecified atom stereocenters. The summed E-state index contributed by atoms with van der Waals surface area (Å²) in [4.78, 5) is 11.4. The van der Waals surface area contributed by atoms with Crippen molar-refractivity contribution in [3.63, 3.8) is 0 Å². The van der Waals surface area contributed by atoms with Gasteiger partial charge in [0.1, 0.15) is 5.69 Å². The highest BCUT2D eigenvalue weighted by Crippen LogP contribution is 2.37. The van der Waals surface area contributed by atoms with Crippen LogP contribution in [0.25, 0.3) is 5.69 Å². The van der Waals surface area contributed by atoms with Crippen molar-refractivity contribution in [2.45, 2.75) is 20.0 Å². The van der Waals surface area contributed by atoms with Crippen molar-refractivity contribution in [2.24, 2.45) is 0 Å². The normalized spacial score (nSPS) is 11.8. The van der Waals surface area contributed by atoms with Gasteiger partial charge in [0, 0.05) is 6.20 Å². The van der Waals surface area contributed by atoms with E-state index < -0.39 is 11.7 Å². The van der Waals surface area contributed by atoms with Crippen LogP contribution in [0.3, 0.4) is 0 Å². The summed E-state index contributed by atoms with van der Waals surface area (Å²) in [6, 6.07) is 1.54. The molecule has 0 bridgehead atoms. The molecule has 3 nitrogen and oxygen atoms in total. The van der Waals surface area contributed by atoms with Crippen LogP contribution in [-0.2, 0) is 6.18 Å². The molecule has 0 N–H and O–H groups in total. The topological polar surface area (TPSA) is 34.9 Å². The van der Waals surface area contributed by atoms with Crippen LogP contribution in [0.1, 0.15) is 28.5 Å². The highest BCUT2D eigenvalue weighted by atomic mass is 35.5. The van der Waals surface area contributed by atoms with Gasteiger partial charge >= 0.3 is 6.18 Å². The van der Waals surface area contributed by atoms with E-state index in [4.69, 9.17) is 23.2 Å². The number of carbonyl (C=O) groups excluding carboxylic acids is 1. The molecule has 1 aromatic heterocycles. The van der Waals surface area contributed by atoms with E-state index >= 15 is 0 Å². The summed E-state index contributed by atoms with van der Waals surface area (Å²) in [7, 11) is 0. The molecule has 8 heteroatoms. The fourth-order valence-corrected chi connectivity index (χ4v) is 2.53. The number of Topliss-reactive ketones (excluding diaryl/α,β-unsaturated/α-hetero) is 1. The van der Waals surface area contributed by atoms with Gasteiger partial charge in [0.05, 0.1) is 26.9 Å². The van der Waals surface area contributed by atoms with Gasteiger partial charge in [-0.1, -0.05) is 23.2 Å². The number of halogens is 5. The minimum Gasteiger partial charge on any atom is -0.294 e. The van der Waals surface area contributed by atoms with Gasteiger partial charge in [-0.25, -0.2) is 4.68 Å². The number of aromatic nitrogens is 2. The number of benzene rings is 1. The monoisotopic (exact) mass is 336 g/mol. The van der Waals surface area contributed by atoms with Crippen LogP contribution in [0.2, 0.25) is 10.0 Å². The minimum atomic E-state index is -4.55. The molecular formula is C13H9Cl2F3N2O. The van der Waals surface area contributed by atoms with Gasteiger partial charge in [-0.05, 0) is 26.0 Å². The molecule has 112 valence electrons. The quantitative estimate of drug-likeness (QED) is 0.744. The molecule has 0 aliphatic heterocycles. The fourth-order valence-electron chi connectivity index (χ4n) is 1.87. The highest BCUT2D eigenvalue weighted by molar-refractivity contribution is 6.37. The summed E-state index contributed by atoms with van der Waals surface area (Å²) in [5.74, 6) is -0.210. The van der Waals surface area contributed by atoms with Gasteiger partial charge in [-0.3, -0.25) is 4.79 Å². The number of alkyl halides is 3. The van der Waals surface area contributed by atoms with Gasteiger partial charge < -0.3 is 0 Å². The maximum Gasteiger partial charge on any atom is 0.416 e. The zero-order valence-electron chi connectivity index (χ0n) is 10.9. The zero-order chi connectivity index (χ0) is 15.9. The first-order valence-electron chi connectivity index (χ1n) is 5.75. The summed E-state index contributed by atoms with van der Waals surface area (Å²) in [6.45, 7) is 2.98. The Morgan fingerprint density at radius 2 is 1.76 bits per heavy atom. The number of carbonyl (C=O) groups is 1. The van der Waals surface area contributed by atoms with Crippen LogP contribution in [0.15, 0.2) is 18.3 Å². The summed E-state index contributed by atoms with van der Waals surface area (Å²) in [5, 5.41) is 3.66. The Morgan fingerprint density at radius 1 is 1.24 bits per heavy atom. The lowest BCUT2D eigenvalue weighted by atomic mass is 10.2. The summed E-state index contributed by atoms with van der Waals surface area (Å²) in [6.07, 6.45) is -3.16. The van der Waals surface area contributed by atoms with Gasteiger partial charge in [0.15, 0.2) is 5.78 Å². The van der Waals surface area contributed by atoms with Crippen molar-refractivity contribution < 1.29 is 18.0 Å². The largest absolute Gasteiger partial charge is 0.416 e. The molecule has 1 heterocycles. The zero-order valence-corrected chi connectivity index (χ0v) is 12.4. The SMILES string of the molecule is CC(=O)c1cn(-c2c(Cl)cc(C(F)(F)F)cc2Cl)nc1C. The smallest absolute Gasteiger partial charge is 0.294 e. The maximum absolute atomic E-state index is 12.7. The average Bonchev–Trinajstić information content (AvgIpc) is 2.69. The van der Waals surface area contributed by atoms with Crippen LogP contribution in [0.4, 0.5) is 13.2 Å². The number of aryl methyl sites for hydroxylation is 1. The van der Waals surface area contributed by atoms with E-state index in [2.05, 4.69) is 5.10 Å². The van der Waals surface area contributed by atoms with Crippen LogP contribution in [-0.4, -0.2) is 15.6 Å². The average molecular weight is 337 g/mol. The van der Waals surface area contributed by atoms with E-state index in [-0.39, 0.29) is 21.5 Å². The lowest BCUT2D eigenvalue weighted by Gasteiger charge is -2.12. The van der Waals surface area contributed by atoms with Crippen molar-refractivity contribution in [1.82, 2.24) is 9.78 Å². The van der Waals surface area contributed by atoms with Crippen LogP contribution >= 0.6 is 23.2 Å².